The molecule has 1 aromatic rings. The fourth-order valence-electron chi connectivity index (χ4n) is 2.66. The highest BCUT2D eigenvalue weighted by Gasteiger charge is 2.05. The van der Waals surface area contributed by atoms with E-state index in [1.807, 2.05) is 47.7 Å². The largest absolute Gasteiger partial charge is 0.508 e. The third-order valence-electron chi connectivity index (χ3n) is 4.38. The molecule has 1 aromatic carbocycles. The molecule has 0 heterocycles. The van der Waals surface area contributed by atoms with Crippen LogP contribution in [-0.2, 0) is 4.79 Å². The molecule has 0 saturated carbocycles. The molecular weight excluding hydrogens is 458 g/mol. The lowest BCUT2D eigenvalue weighted by atomic mass is 10.1. The number of aryl methyl sites for hydroxylation is 1. The molecule has 0 bridgehead atoms. The Hall–Kier alpha value is -3.08. The second-order valence-electron chi connectivity index (χ2n) is 8.11. The van der Waals surface area contributed by atoms with E-state index in [1.165, 1.54) is 30.0 Å². The Balaban J connectivity index is -0.000000516. The van der Waals surface area contributed by atoms with E-state index in [1.54, 1.807) is 12.2 Å². The summed E-state index contributed by atoms with van der Waals surface area (Å²) in [5, 5.41) is 15.9. The maximum atomic E-state index is 10.5. The van der Waals surface area contributed by atoms with E-state index in [9.17, 15) is 9.90 Å². The van der Waals surface area contributed by atoms with E-state index in [-0.39, 0.29) is 5.76 Å². The molecule has 37 heavy (non-hydrogen) atoms. The van der Waals surface area contributed by atoms with Gasteiger partial charge in [-0.05, 0) is 57.4 Å². The molecule has 0 radical (unpaired) electrons. The Bertz CT molecular complexity index is 861. The topological polar surface area (TPSA) is 73.7 Å². The Kier molecular flexibility index (Phi) is 28.6. The number of rotatable bonds is 7. The number of nitrogens with one attached hydrogen (secondary N) is 2. The van der Waals surface area contributed by atoms with Gasteiger partial charge >= 0.3 is 0 Å². The summed E-state index contributed by atoms with van der Waals surface area (Å²) in [4.78, 5) is 14.6. The number of likely N-dealkylation sites (N-methyl/N-ethyl adjacent to an activating group) is 1. The van der Waals surface area contributed by atoms with Crippen LogP contribution < -0.4 is 10.6 Å². The van der Waals surface area contributed by atoms with Crippen molar-refractivity contribution in [1.29, 1.82) is 0 Å². The van der Waals surface area contributed by atoms with Gasteiger partial charge in [0.15, 0.2) is 0 Å². The van der Waals surface area contributed by atoms with Crippen molar-refractivity contribution in [2.75, 3.05) is 20.1 Å². The molecule has 5 heteroatoms. The molecule has 2 rings (SSSR count). The third kappa shape index (κ3) is 21.9. The molecular formula is C32H55N3O2. The van der Waals surface area contributed by atoms with Gasteiger partial charge < -0.3 is 15.7 Å². The first kappa shape index (κ1) is 38.5. The van der Waals surface area contributed by atoms with Crippen LogP contribution in [-0.4, -0.2) is 37.2 Å². The van der Waals surface area contributed by atoms with Crippen LogP contribution in [0.4, 0.5) is 0 Å². The summed E-state index contributed by atoms with van der Waals surface area (Å²) in [6.07, 6.45) is 11.0. The standard InChI is InChI=1S/C14H20N2O2.C10H13N.2C3H8.C2H6/c1-3-15-12(7-8-17)10-16-14-9-13(18)6-4-5-11(14)2;1-8-5-4-6-10(7-8)9(2)11-3;2*1-3-2;1-2/h5-9,15-16,18H,3-4,10H2,1-2H3;4-7H,1-3H3;2*3H2,1-2H3;1-2H3/b12-7-;;;;. The predicted molar refractivity (Wildman–Crippen MR) is 166 cm³/mol. The van der Waals surface area contributed by atoms with Crippen LogP contribution in [0.2, 0.25) is 0 Å². The number of nitrogens with zero attached hydrogens (tertiary/aromatic N) is 1. The lowest BCUT2D eigenvalue weighted by molar-refractivity contribution is -0.104. The molecule has 0 aliphatic heterocycles. The Morgan fingerprint density at radius 2 is 1.65 bits per heavy atom. The SMILES string of the molecule is CC.CCC.CCC.CCN/C(=C\C=O)CNC1=CC(O)=CCC=C1C.CN=C(C)c1cccc(C)c1. The van der Waals surface area contributed by atoms with Gasteiger partial charge in [-0.2, -0.15) is 0 Å². The summed E-state index contributed by atoms with van der Waals surface area (Å²) in [6.45, 7) is 21.9. The van der Waals surface area contributed by atoms with Crippen molar-refractivity contribution in [1.82, 2.24) is 10.6 Å². The molecule has 0 unspecified atom stereocenters. The van der Waals surface area contributed by atoms with Crippen LogP contribution in [0, 0.1) is 6.92 Å². The van der Waals surface area contributed by atoms with Crippen LogP contribution in [0.5, 0.6) is 0 Å². The molecule has 1 aliphatic carbocycles. The maximum absolute atomic E-state index is 10.5. The first-order valence-corrected chi connectivity index (χ1v) is 13.6. The first-order valence-electron chi connectivity index (χ1n) is 13.6. The number of hydrogen-bond acceptors (Lipinski definition) is 5. The smallest absolute Gasteiger partial charge is 0.144 e. The van der Waals surface area contributed by atoms with Crippen molar-refractivity contribution in [2.45, 2.75) is 88.5 Å². The minimum Gasteiger partial charge on any atom is -0.508 e. The Morgan fingerprint density at radius 1 is 1.05 bits per heavy atom. The van der Waals surface area contributed by atoms with Gasteiger partial charge in [0.2, 0.25) is 0 Å². The van der Waals surface area contributed by atoms with Gasteiger partial charge in [0.05, 0.1) is 6.54 Å². The van der Waals surface area contributed by atoms with Gasteiger partial charge in [0.1, 0.15) is 12.0 Å². The molecule has 1 aliphatic rings. The van der Waals surface area contributed by atoms with Crippen LogP contribution in [0.15, 0.2) is 76.3 Å². The fourth-order valence-corrected chi connectivity index (χ4v) is 2.66. The fraction of sp³-hybridized carbons (Fsp3) is 0.500. The van der Waals surface area contributed by atoms with E-state index in [4.69, 9.17) is 0 Å². The highest BCUT2D eigenvalue weighted by atomic mass is 16.3. The molecule has 210 valence electrons. The van der Waals surface area contributed by atoms with Crippen LogP contribution in [0.25, 0.3) is 0 Å². The second-order valence-corrected chi connectivity index (χ2v) is 8.11. The van der Waals surface area contributed by atoms with E-state index in [2.05, 4.69) is 74.5 Å². The van der Waals surface area contributed by atoms with Crippen molar-refractivity contribution in [3.8, 4) is 0 Å². The molecule has 0 fully saturated rings. The van der Waals surface area contributed by atoms with Crippen molar-refractivity contribution in [3.05, 3.63) is 82.4 Å². The summed E-state index contributed by atoms with van der Waals surface area (Å²) in [5.74, 6) is 0.259. The van der Waals surface area contributed by atoms with E-state index in [0.29, 0.717) is 6.54 Å². The highest BCUT2D eigenvalue weighted by molar-refractivity contribution is 5.98. The van der Waals surface area contributed by atoms with Crippen LogP contribution in [0.1, 0.15) is 92.7 Å². The highest BCUT2D eigenvalue weighted by Crippen LogP contribution is 2.14. The van der Waals surface area contributed by atoms with Gasteiger partial charge in [-0.25, -0.2) is 0 Å². The lowest BCUT2D eigenvalue weighted by Gasteiger charge is -2.14. The van der Waals surface area contributed by atoms with E-state index < -0.39 is 0 Å². The molecule has 5 nitrogen and oxygen atoms in total. The van der Waals surface area contributed by atoms with Gasteiger partial charge in [0.25, 0.3) is 0 Å². The number of aliphatic imine (C=N–C) groups is 1. The summed E-state index contributed by atoms with van der Waals surface area (Å²) >= 11 is 0. The summed E-state index contributed by atoms with van der Waals surface area (Å²) in [6, 6.07) is 8.36. The Morgan fingerprint density at radius 3 is 2.14 bits per heavy atom. The first-order chi connectivity index (χ1) is 17.7. The number of aliphatic hydroxyl groups is 1. The summed E-state index contributed by atoms with van der Waals surface area (Å²) in [5.41, 5.74) is 6.37. The summed E-state index contributed by atoms with van der Waals surface area (Å²) in [7, 11) is 1.82. The molecule has 3 N–H and O–H groups in total. The predicted octanol–water partition coefficient (Wildman–Crippen LogP) is 8.24. The zero-order valence-electron chi connectivity index (χ0n) is 25.5. The normalized spacial score (nSPS) is 12.5. The lowest BCUT2D eigenvalue weighted by Crippen LogP contribution is -2.25. The number of carbonyl (C=O) groups excluding carboxylic acids is 1. The second kappa shape index (κ2) is 27.5. The molecule has 0 aromatic heterocycles. The van der Waals surface area contributed by atoms with Gasteiger partial charge in [-0.3, -0.25) is 9.79 Å². The van der Waals surface area contributed by atoms with E-state index in [0.717, 1.165) is 41.9 Å². The quantitative estimate of drug-likeness (QED) is 0.195. The van der Waals surface area contributed by atoms with E-state index >= 15 is 0 Å². The molecule has 0 saturated heterocycles. The van der Waals surface area contributed by atoms with Crippen molar-refractivity contribution < 1.29 is 9.90 Å². The number of allylic oxidation sites excluding steroid dienone is 5. The molecule has 0 spiro atoms. The average molecular weight is 514 g/mol. The average Bonchev–Trinajstić information content (AvgIpc) is 3.04. The molecule has 0 atom stereocenters. The Labute approximate surface area is 228 Å². The monoisotopic (exact) mass is 513 g/mol. The van der Waals surface area contributed by atoms with Crippen LogP contribution in [0.3, 0.4) is 0 Å². The number of hydrogen-bond donors (Lipinski definition) is 3. The van der Waals surface area contributed by atoms with Gasteiger partial charge in [-0.1, -0.05) is 90.3 Å². The maximum Gasteiger partial charge on any atom is 0.144 e. The van der Waals surface area contributed by atoms with Crippen molar-refractivity contribution >= 4 is 12.0 Å². The van der Waals surface area contributed by atoms with Gasteiger partial charge in [0, 0.05) is 36.8 Å². The van der Waals surface area contributed by atoms with Gasteiger partial charge in [-0.15, -0.1) is 0 Å². The zero-order chi connectivity index (χ0) is 29.1. The minimum absolute atomic E-state index is 0.259. The zero-order valence-corrected chi connectivity index (χ0v) is 25.5. The van der Waals surface area contributed by atoms with Crippen molar-refractivity contribution in [3.63, 3.8) is 0 Å². The number of aliphatic hydroxyl groups excluding tert-OH is 1. The minimum atomic E-state index is 0.259. The number of aldehydes is 1. The van der Waals surface area contributed by atoms with Crippen molar-refractivity contribution in [2.24, 2.45) is 4.99 Å². The molecule has 0 amide bonds. The number of carbonyl (C=O) groups is 1. The van der Waals surface area contributed by atoms with Crippen LogP contribution >= 0.6 is 0 Å². The number of benzene rings is 1. The third-order valence-corrected chi connectivity index (χ3v) is 4.38. The summed E-state index contributed by atoms with van der Waals surface area (Å²) < 4.78 is 0.